The molecule has 0 aliphatic rings. The van der Waals surface area contributed by atoms with Crippen molar-refractivity contribution in [1.29, 1.82) is 5.26 Å². The molecule has 0 aliphatic carbocycles. The Labute approximate surface area is 201 Å². The van der Waals surface area contributed by atoms with Gasteiger partial charge in [-0.15, -0.1) is 0 Å². The number of nitro groups is 1. The van der Waals surface area contributed by atoms with Crippen molar-refractivity contribution < 1.29 is 24.0 Å². The van der Waals surface area contributed by atoms with Crippen LogP contribution in [0.5, 0.6) is 0 Å². The molecule has 0 saturated carbocycles. The quantitative estimate of drug-likeness (QED) is 0.307. The van der Waals surface area contributed by atoms with E-state index in [4.69, 9.17) is 21.6 Å². The number of benzene rings is 2. The van der Waals surface area contributed by atoms with Crippen LogP contribution in [-0.4, -0.2) is 41.9 Å². The third-order valence-corrected chi connectivity index (χ3v) is 5.09. The Morgan fingerprint density at radius 1 is 1.21 bits per heavy atom. The van der Waals surface area contributed by atoms with Gasteiger partial charge in [0.1, 0.15) is 11.1 Å². The number of nitriles is 1. The van der Waals surface area contributed by atoms with Gasteiger partial charge >= 0.3 is 5.97 Å². The number of esters is 1. The van der Waals surface area contributed by atoms with E-state index in [9.17, 15) is 24.5 Å². The lowest BCUT2D eigenvalue weighted by Crippen LogP contribution is -2.46. The van der Waals surface area contributed by atoms with Crippen molar-refractivity contribution in [3.8, 4) is 6.07 Å². The molecule has 0 spiro atoms. The molecule has 2 aromatic carbocycles. The Bertz CT molecular complexity index is 1100. The summed E-state index contributed by atoms with van der Waals surface area (Å²) in [6.45, 7) is 2.87. The largest absolute Gasteiger partial charge is 0.454 e. The highest BCUT2D eigenvalue weighted by atomic mass is 35.5. The van der Waals surface area contributed by atoms with E-state index in [1.165, 1.54) is 17.0 Å². The van der Waals surface area contributed by atoms with E-state index < -0.39 is 47.0 Å². The zero-order chi connectivity index (χ0) is 25.3. The van der Waals surface area contributed by atoms with Crippen molar-refractivity contribution in [2.24, 2.45) is 5.92 Å². The van der Waals surface area contributed by atoms with E-state index in [0.29, 0.717) is 5.69 Å². The van der Waals surface area contributed by atoms with Crippen molar-refractivity contribution >= 4 is 40.8 Å². The molecule has 0 saturated heterocycles. The predicted molar refractivity (Wildman–Crippen MR) is 124 cm³/mol. The van der Waals surface area contributed by atoms with Gasteiger partial charge in [0.2, 0.25) is 0 Å². The molecule has 2 aromatic rings. The minimum Gasteiger partial charge on any atom is -0.454 e. The first-order chi connectivity index (χ1) is 16.1. The maximum Gasteiger partial charge on any atom is 0.329 e. The summed E-state index contributed by atoms with van der Waals surface area (Å²) in [5.41, 5.74) is 0.0520. The maximum absolute atomic E-state index is 12.7. The molecule has 0 bridgehead atoms. The highest BCUT2D eigenvalue weighted by Gasteiger charge is 2.28. The lowest BCUT2D eigenvalue weighted by molar-refractivity contribution is -0.384. The summed E-state index contributed by atoms with van der Waals surface area (Å²) in [5, 5.41) is 22.3. The summed E-state index contributed by atoms with van der Waals surface area (Å²) in [6.07, 6.45) is 0.0898. The van der Waals surface area contributed by atoms with E-state index in [2.05, 4.69) is 5.32 Å². The van der Waals surface area contributed by atoms with Crippen LogP contribution in [0.3, 0.4) is 0 Å². The number of anilines is 1. The fourth-order valence-electron chi connectivity index (χ4n) is 2.98. The van der Waals surface area contributed by atoms with Gasteiger partial charge in [-0.05, 0) is 30.2 Å². The van der Waals surface area contributed by atoms with Gasteiger partial charge in [-0.3, -0.25) is 19.7 Å². The Hall–Kier alpha value is -3.97. The number of nitro benzene ring substituents is 1. The van der Waals surface area contributed by atoms with E-state index in [0.717, 1.165) is 6.07 Å². The van der Waals surface area contributed by atoms with Crippen LogP contribution in [0.1, 0.15) is 30.6 Å². The molecule has 2 rings (SSSR count). The van der Waals surface area contributed by atoms with Gasteiger partial charge in [-0.2, -0.15) is 5.26 Å². The number of hydrogen-bond donors (Lipinski definition) is 1. The molecule has 10 nitrogen and oxygen atoms in total. The summed E-state index contributed by atoms with van der Waals surface area (Å²) in [4.78, 5) is 49.7. The van der Waals surface area contributed by atoms with Crippen LogP contribution in [-0.2, 0) is 14.3 Å². The third-order valence-electron chi connectivity index (χ3n) is 4.77. The van der Waals surface area contributed by atoms with E-state index in [1.54, 1.807) is 44.2 Å². The van der Waals surface area contributed by atoms with Gasteiger partial charge in [-0.25, -0.2) is 4.79 Å². The summed E-state index contributed by atoms with van der Waals surface area (Å²) in [5.74, 6) is -2.51. The molecule has 0 heterocycles. The molecule has 0 radical (unpaired) electrons. The van der Waals surface area contributed by atoms with E-state index in [1.807, 2.05) is 6.07 Å². The van der Waals surface area contributed by atoms with Gasteiger partial charge in [0.25, 0.3) is 17.5 Å². The first kappa shape index (κ1) is 26.3. The first-order valence-corrected chi connectivity index (χ1v) is 10.7. The third kappa shape index (κ3) is 7.02. The molecule has 1 N–H and O–H groups in total. The molecule has 0 fully saturated rings. The van der Waals surface area contributed by atoms with Crippen LogP contribution in [0.15, 0.2) is 48.5 Å². The number of ether oxygens (including phenoxy) is 1. The van der Waals surface area contributed by atoms with Crippen LogP contribution in [0, 0.1) is 27.4 Å². The molecular weight excluding hydrogens is 464 g/mol. The van der Waals surface area contributed by atoms with Gasteiger partial charge in [-0.1, -0.05) is 43.6 Å². The monoisotopic (exact) mass is 486 g/mol. The zero-order valence-corrected chi connectivity index (χ0v) is 19.3. The topological polar surface area (TPSA) is 143 Å². The number of nitrogens with zero attached hydrogens (tertiary/aromatic N) is 3. The zero-order valence-electron chi connectivity index (χ0n) is 18.6. The fourth-order valence-corrected chi connectivity index (χ4v) is 3.17. The minimum atomic E-state index is -1.11. The lowest BCUT2D eigenvalue weighted by Gasteiger charge is -2.24. The van der Waals surface area contributed by atoms with Crippen molar-refractivity contribution in [2.75, 3.05) is 18.1 Å². The number of nitrogens with one attached hydrogen (secondary N) is 1. The minimum absolute atomic E-state index is 0.0580. The number of amides is 2. The fraction of sp³-hybridized carbons (Fsp3) is 0.304. The predicted octanol–water partition coefficient (Wildman–Crippen LogP) is 3.49. The molecule has 178 valence electrons. The van der Waals surface area contributed by atoms with Crippen molar-refractivity contribution in [3.05, 3.63) is 69.2 Å². The van der Waals surface area contributed by atoms with E-state index in [-0.39, 0.29) is 23.6 Å². The molecule has 2 amide bonds. The first-order valence-electron chi connectivity index (χ1n) is 10.3. The summed E-state index contributed by atoms with van der Waals surface area (Å²) in [6, 6.07) is 13.0. The number of rotatable bonds is 10. The summed E-state index contributed by atoms with van der Waals surface area (Å²) in [7, 11) is 0. The van der Waals surface area contributed by atoms with Crippen LogP contribution >= 0.6 is 11.6 Å². The maximum atomic E-state index is 12.7. The van der Waals surface area contributed by atoms with Crippen molar-refractivity contribution in [1.82, 2.24) is 5.32 Å². The highest BCUT2D eigenvalue weighted by Crippen LogP contribution is 2.25. The van der Waals surface area contributed by atoms with Crippen LogP contribution < -0.4 is 10.2 Å². The summed E-state index contributed by atoms with van der Waals surface area (Å²) >= 11 is 5.77. The molecular formula is C23H23ClN4O6. The van der Waals surface area contributed by atoms with E-state index >= 15 is 0 Å². The second kappa shape index (κ2) is 12.3. The number of para-hydroxylation sites is 1. The molecule has 34 heavy (non-hydrogen) atoms. The number of hydrogen-bond acceptors (Lipinski definition) is 7. The Balaban J connectivity index is 2.09. The highest BCUT2D eigenvalue weighted by molar-refractivity contribution is 6.32. The molecule has 0 unspecified atom stereocenters. The lowest BCUT2D eigenvalue weighted by atomic mass is 10.0. The Kier molecular flexibility index (Phi) is 9.52. The van der Waals surface area contributed by atoms with Gasteiger partial charge in [0.05, 0.1) is 17.4 Å². The normalized spacial score (nSPS) is 11.3. The second-order valence-corrected chi connectivity index (χ2v) is 7.92. The number of halogens is 1. The average Bonchev–Trinajstić information content (AvgIpc) is 2.81. The van der Waals surface area contributed by atoms with Crippen LogP contribution in [0.2, 0.25) is 5.02 Å². The summed E-state index contributed by atoms with van der Waals surface area (Å²) < 4.78 is 5.17. The number of carbonyl (C=O) groups excluding carboxylic acids is 3. The van der Waals surface area contributed by atoms with Crippen LogP contribution in [0.25, 0.3) is 0 Å². The standard InChI is InChI=1S/C23H23ClN4O6/c1-15(2)21(26-22(30)16-9-10-18(24)19(13-16)28(32)33)23(31)34-14-20(29)27(12-6-11-25)17-7-4-3-5-8-17/h3-5,7-10,13,15,21H,6,12,14H2,1-2H3,(H,26,30)/t21-/m0/s1. The average molecular weight is 487 g/mol. The molecule has 0 aromatic heterocycles. The molecule has 0 aliphatic heterocycles. The second-order valence-electron chi connectivity index (χ2n) is 7.52. The smallest absolute Gasteiger partial charge is 0.329 e. The van der Waals surface area contributed by atoms with Gasteiger partial charge in [0.15, 0.2) is 6.61 Å². The van der Waals surface area contributed by atoms with Crippen LogP contribution in [0.4, 0.5) is 11.4 Å². The van der Waals surface area contributed by atoms with Crippen molar-refractivity contribution in [3.63, 3.8) is 0 Å². The SMILES string of the molecule is CC(C)[C@H](NC(=O)c1ccc(Cl)c([N+](=O)[O-])c1)C(=O)OCC(=O)N(CCC#N)c1ccccc1. The Morgan fingerprint density at radius 3 is 2.47 bits per heavy atom. The molecule has 1 atom stereocenters. The van der Waals surface area contributed by atoms with Gasteiger partial charge in [0, 0.05) is 23.9 Å². The number of carbonyl (C=O) groups is 3. The Morgan fingerprint density at radius 2 is 1.88 bits per heavy atom. The van der Waals surface area contributed by atoms with Gasteiger partial charge < -0.3 is 15.0 Å². The molecule has 11 heteroatoms. The van der Waals surface area contributed by atoms with Crippen molar-refractivity contribution in [2.45, 2.75) is 26.3 Å².